The summed E-state index contributed by atoms with van der Waals surface area (Å²) in [7, 11) is 1.76. The number of fused-ring (bicyclic) bond motifs is 4. The van der Waals surface area contributed by atoms with Crippen LogP contribution in [-0.2, 0) is 4.79 Å². The van der Waals surface area contributed by atoms with Crippen molar-refractivity contribution in [1.82, 2.24) is 19.8 Å². The van der Waals surface area contributed by atoms with Gasteiger partial charge in [0.05, 0.1) is 32.8 Å². The highest BCUT2D eigenvalue weighted by atomic mass is 35.5. The van der Waals surface area contributed by atoms with Crippen molar-refractivity contribution in [2.24, 2.45) is 0 Å². The van der Waals surface area contributed by atoms with Crippen LogP contribution in [0.2, 0.25) is 5.02 Å². The van der Waals surface area contributed by atoms with Crippen molar-refractivity contribution in [1.29, 1.82) is 5.26 Å². The lowest BCUT2D eigenvalue weighted by molar-refractivity contribution is -0.132. The molecule has 10 nitrogen and oxygen atoms in total. The lowest BCUT2D eigenvalue weighted by atomic mass is 9.95. The summed E-state index contributed by atoms with van der Waals surface area (Å²) in [6.45, 7) is 2.34. The number of anilines is 2. The summed E-state index contributed by atoms with van der Waals surface area (Å²) < 4.78 is 59.5. The minimum absolute atomic E-state index is 0.00950. The van der Waals surface area contributed by atoms with Crippen LogP contribution in [0.15, 0.2) is 12.1 Å². The van der Waals surface area contributed by atoms with Crippen LogP contribution in [-0.4, -0.2) is 89.9 Å². The van der Waals surface area contributed by atoms with Crippen molar-refractivity contribution in [3.05, 3.63) is 34.4 Å². The van der Waals surface area contributed by atoms with E-state index in [9.17, 15) is 14.4 Å². The Morgan fingerprint density at radius 1 is 1.20 bits per heavy atom. The van der Waals surface area contributed by atoms with E-state index in [0.29, 0.717) is 32.5 Å². The van der Waals surface area contributed by atoms with Crippen molar-refractivity contribution < 1.29 is 27.4 Å². The zero-order chi connectivity index (χ0) is 34.2. The molecule has 3 saturated heterocycles. The third-order valence-electron chi connectivity index (χ3n) is 10.5. The van der Waals surface area contributed by atoms with Gasteiger partial charge < -0.3 is 25.0 Å². The number of aromatic nitrogens is 2. The standard InChI is InChI=1S/C34H33ClF3N7O3S/c1-43-9-2-3-11-45-21(32(43)46)7-12-47-28-24-27(41-33(42-31(24)45)48-16-34-8-4-10-44(34)15-17(36)13-34)26(38)23(25(28)35)18-5-6-20(37)29-22(18)19(14-39)30(40)49-29/h5-6,17,21H,2-4,7-13,15-16,40H2,1H3/t17-,21?,34+/m1/s1. The van der Waals surface area contributed by atoms with Crippen LogP contribution < -0.4 is 20.1 Å². The van der Waals surface area contributed by atoms with Crippen molar-refractivity contribution in [2.75, 3.05) is 57.1 Å². The number of thiophene rings is 1. The second-order valence-corrected chi connectivity index (χ2v) is 14.7. The lowest BCUT2D eigenvalue weighted by Gasteiger charge is -2.38. The molecule has 3 fully saturated rings. The van der Waals surface area contributed by atoms with Gasteiger partial charge in [0.25, 0.3) is 0 Å². The number of amides is 1. The maximum atomic E-state index is 17.3. The SMILES string of the molecule is CN1CCCCN2c3nc(OC[C@@]45CCCN4C[C@H](F)C5)nc4c(F)c(-c5ccc(F)c6sc(N)c(C#N)c56)c(Cl)c(c34)OCCC2C1=O. The van der Waals surface area contributed by atoms with Gasteiger partial charge in [-0.15, -0.1) is 11.3 Å². The van der Waals surface area contributed by atoms with Gasteiger partial charge in [-0.25, -0.2) is 13.2 Å². The Hall–Kier alpha value is -4.06. The summed E-state index contributed by atoms with van der Waals surface area (Å²) in [5.74, 6) is -1.24. The molecule has 15 heteroatoms. The smallest absolute Gasteiger partial charge is 0.319 e. The third kappa shape index (κ3) is 5.03. The summed E-state index contributed by atoms with van der Waals surface area (Å²) >= 11 is 7.95. The number of nitrogen functional groups attached to an aromatic ring is 1. The first-order chi connectivity index (χ1) is 23.6. The van der Waals surface area contributed by atoms with Gasteiger partial charge in [-0.3, -0.25) is 9.69 Å². The molecule has 2 N–H and O–H groups in total. The Balaban J connectivity index is 1.37. The van der Waals surface area contributed by atoms with Crippen LogP contribution >= 0.6 is 22.9 Å². The molecule has 4 aromatic rings. The molecule has 0 spiro atoms. The molecule has 0 radical (unpaired) electrons. The monoisotopic (exact) mass is 711 g/mol. The molecular formula is C34H33ClF3N7O3S. The maximum absolute atomic E-state index is 17.3. The Kier molecular flexibility index (Phi) is 7.92. The number of halogens is 4. The van der Waals surface area contributed by atoms with Crippen LogP contribution in [0.1, 0.15) is 44.1 Å². The number of ether oxygens (including phenoxy) is 2. The second-order valence-electron chi connectivity index (χ2n) is 13.3. The fourth-order valence-electron chi connectivity index (χ4n) is 8.13. The number of carbonyl (C=O) groups excluding carboxylic acids is 1. The molecule has 0 aliphatic carbocycles. The average molecular weight is 712 g/mol. The lowest BCUT2D eigenvalue weighted by Crippen LogP contribution is -2.51. The largest absolute Gasteiger partial charge is 0.491 e. The Morgan fingerprint density at radius 3 is 2.84 bits per heavy atom. The first-order valence-corrected chi connectivity index (χ1v) is 17.6. The van der Waals surface area contributed by atoms with Crippen molar-refractivity contribution in [3.63, 3.8) is 0 Å². The number of likely N-dealkylation sites (N-methyl/N-ethyl adjacent to an activating group) is 1. The summed E-state index contributed by atoms with van der Waals surface area (Å²) in [6.07, 6.45) is 2.80. The zero-order valence-corrected chi connectivity index (χ0v) is 28.3. The average Bonchev–Trinajstić information content (AvgIpc) is 3.72. The second kappa shape index (κ2) is 12.1. The highest BCUT2D eigenvalue weighted by Crippen LogP contribution is 2.51. The quantitative estimate of drug-likeness (QED) is 0.269. The molecule has 0 bridgehead atoms. The summed E-state index contributed by atoms with van der Waals surface area (Å²) in [4.78, 5) is 28.8. The number of nitrogens with zero attached hydrogens (tertiary/aromatic N) is 6. The molecule has 1 amide bonds. The van der Waals surface area contributed by atoms with E-state index in [-0.39, 0.29) is 84.4 Å². The maximum Gasteiger partial charge on any atom is 0.319 e. The number of hydrogen-bond acceptors (Lipinski definition) is 10. The van der Waals surface area contributed by atoms with Gasteiger partial charge in [-0.1, -0.05) is 17.7 Å². The van der Waals surface area contributed by atoms with Gasteiger partial charge in [0.1, 0.15) is 47.0 Å². The van der Waals surface area contributed by atoms with Gasteiger partial charge >= 0.3 is 6.01 Å². The molecule has 1 unspecified atom stereocenters. The molecule has 8 rings (SSSR count). The van der Waals surface area contributed by atoms with Crippen LogP contribution in [0.5, 0.6) is 11.8 Å². The predicted molar refractivity (Wildman–Crippen MR) is 181 cm³/mol. The van der Waals surface area contributed by atoms with Crippen LogP contribution in [0.25, 0.3) is 32.1 Å². The zero-order valence-electron chi connectivity index (χ0n) is 26.7. The molecule has 4 aliphatic rings. The number of alkyl halides is 1. The third-order valence-corrected chi connectivity index (χ3v) is 11.9. The van der Waals surface area contributed by atoms with Crippen molar-refractivity contribution in [2.45, 2.75) is 56.3 Å². The van der Waals surface area contributed by atoms with Crippen LogP contribution in [0.4, 0.5) is 24.0 Å². The van der Waals surface area contributed by atoms with E-state index in [1.165, 1.54) is 12.1 Å². The number of nitriles is 1. The number of hydrogen-bond donors (Lipinski definition) is 1. The number of nitrogens with two attached hydrogens (primary N) is 1. The minimum atomic E-state index is -0.974. The first kappa shape index (κ1) is 32.2. The number of carbonyl (C=O) groups is 1. The minimum Gasteiger partial charge on any atom is -0.491 e. The summed E-state index contributed by atoms with van der Waals surface area (Å²) in [5.41, 5.74) is 5.43. The molecule has 2 aromatic carbocycles. The van der Waals surface area contributed by atoms with Gasteiger partial charge in [-0.05, 0) is 43.9 Å². The van der Waals surface area contributed by atoms with Gasteiger partial charge in [-0.2, -0.15) is 15.2 Å². The first-order valence-electron chi connectivity index (χ1n) is 16.4. The van der Waals surface area contributed by atoms with Gasteiger partial charge in [0.2, 0.25) is 5.91 Å². The number of rotatable bonds is 4. The molecule has 3 atom stereocenters. The van der Waals surface area contributed by atoms with Gasteiger partial charge in [0, 0.05) is 50.5 Å². The fraction of sp³-hybridized carbons (Fsp3) is 0.471. The summed E-state index contributed by atoms with van der Waals surface area (Å²) in [6, 6.07) is 3.78. The molecule has 256 valence electrons. The highest BCUT2D eigenvalue weighted by Gasteiger charge is 2.49. The van der Waals surface area contributed by atoms with E-state index in [1.807, 2.05) is 11.0 Å². The topological polar surface area (TPSA) is 121 Å². The Labute approximate surface area is 289 Å². The predicted octanol–water partition coefficient (Wildman–Crippen LogP) is 6.06. The molecule has 6 heterocycles. The van der Waals surface area contributed by atoms with E-state index >= 15 is 8.78 Å². The highest BCUT2D eigenvalue weighted by molar-refractivity contribution is 7.23. The van der Waals surface area contributed by atoms with Gasteiger partial charge in [0.15, 0.2) is 11.6 Å². The van der Waals surface area contributed by atoms with E-state index in [0.717, 1.165) is 43.6 Å². The number of benzene rings is 2. The molecule has 0 saturated carbocycles. The van der Waals surface area contributed by atoms with Crippen LogP contribution in [0.3, 0.4) is 0 Å². The summed E-state index contributed by atoms with van der Waals surface area (Å²) in [5, 5.41) is 10.2. The molecule has 2 aromatic heterocycles. The van der Waals surface area contributed by atoms with E-state index in [4.69, 9.17) is 31.8 Å². The van der Waals surface area contributed by atoms with Crippen LogP contribution in [0, 0.1) is 23.0 Å². The van der Waals surface area contributed by atoms with Crippen molar-refractivity contribution >= 4 is 60.7 Å². The van der Waals surface area contributed by atoms with E-state index < -0.39 is 29.4 Å². The Morgan fingerprint density at radius 2 is 2.02 bits per heavy atom. The van der Waals surface area contributed by atoms with E-state index in [2.05, 4.69) is 9.88 Å². The van der Waals surface area contributed by atoms with Crippen molar-refractivity contribution in [3.8, 4) is 29.0 Å². The molecule has 49 heavy (non-hydrogen) atoms. The molecular weight excluding hydrogens is 679 g/mol. The molecule has 4 aliphatic heterocycles. The normalized spacial score (nSPS) is 24.2. The fourth-order valence-corrected chi connectivity index (χ4v) is 9.41. The van der Waals surface area contributed by atoms with E-state index in [1.54, 1.807) is 11.9 Å². The Bertz CT molecular complexity index is 2070.